The number of alkyl halides is 4. The number of aliphatic hydroxyl groups excluding tert-OH is 1. The Balaban J connectivity index is 1.54. The van der Waals surface area contributed by atoms with E-state index in [-0.39, 0.29) is 18.3 Å². The summed E-state index contributed by atoms with van der Waals surface area (Å²) < 4.78 is 90.0. The van der Waals surface area contributed by atoms with E-state index >= 15 is 0 Å². The molecule has 0 aromatic heterocycles. The van der Waals surface area contributed by atoms with Crippen molar-refractivity contribution in [1.82, 2.24) is 0 Å². The van der Waals surface area contributed by atoms with Gasteiger partial charge < -0.3 is 19.7 Å². The quantitative estimate of drug-likeness (QED) is 0.287. The predicted octanol–water partition coefficient (Wildman–Crippen LogP) is 1.31. The maximum absolute atomic E-state index is 13.2. The Kier molecular flexibility index (Phi) is 5.48. The van der Waals surface area contributed by atoms with Gasteiger partial charge in [-0.15, -0.1) is 0 Å². The summed E-state index contributed by atoms with van der Waals surface area (Å²) in [7, 11) is -6.46. The molecule has 3 atom stereocenters. The molecule has 4 aliphatic rings. The normalized spacial score (nSPS) is 35.6. The highest BCUT2D eigenvalue weighted by atomic mass is 32.2. The van der Waals surface area contributed by atoms with Crippen LogP contribution in [-0.4, -0.2) is 65.4 Å². The zero-order valence-corrected chi connectivity index (χ0v) is 16.0. The Labute approximate surface area is 163 Å². The number of carbonyl (C=O) groups is 1. The molecule has 0 amide bonds. The summed E-state index contributed by atoms with van der Waals surface area (Å²) in [5.41, 5.74) is -1.88. The second kappa shape index (κ2) is 7.01. The van der Waals surface area contributed by atoms with E-state index in [9.17, 15) is 41.0 Å². The van der Waals surface area contributed by atoms with Crippen LogP contribution in [0.1, 0.15) is 38.5 Å². The molecule has 8 nitrogen and oxygen atoms in total. The van der Waals surface area contributed by atoms with Gasteiger partial charge in [-0.05, 0) is 50.4 Å². The number of rotatable bonds is 8. The van der Waals surface area contributed by atoms with Crippen molar-refractivity contribution in [1.29, 1.82) is 0 Å². The molecule has 0 spiro atoms. The van der Waals surface area contributed by atoms with E-state index in [1.54, 1.807) is 0 Å². The Bertz CT molecular complexity index is 757. The molecule has 4 fully saturated rings. The number of aliphatic hydroxyl groups is 2. The topological polar surface area (TPSA) is 130 Å². The van der Waals surface area contributed by atoms with Crippen molar-refractivity contribution >= 4 is 16.1 Å². The van der Waals surface area contributed by atoms with Crippen molar-refractivity contribution in [3.05, 3.63) is 0 Å². The first-order chi connectivity index (χ1) is 13.1. The first-order valence-corrected chi connectivity index (χ1v) is 10.5. The van der Waals surface area contributed by atoms with Gasteiger partial charge in [0.15, 0.2) is 0 Å². The van der Waals surface area contributed by atoms with E-state index in [2.05, 4.69) is 4.74 Å². The van der Waals surface area contributed by atoms with Crippen LogP contribution < -0.4 is 0 Å². The summed E-state index contributed by atoms with van der Waals surface area (Å²) in [6.45, 7) is -2.32. The predicted molar refractivity (Wildman–Crippen MR) is 86.4 cm³/mol. The van der Waals surface area contributed by atoms with Crippen LogP contribution in [0.5, 0.6) is 0 Å². The van der Waals surface area contributed by atoms with E-state index < -0.39 is 57.8 Å². The smallest absolute Gasteiger partial charge is 0.459 e. The Morgan fingerprint density at radius 2 is 1.66 bits per heavy atom. The van der Waals surface area contributed by atoms with Crippen LogP contribution in [0.3, 0.4) is 0 Å². The number of halogens is 4. The van der Waals surface area contributed by atoms with Crippen LogP contribution in [0.25, 0.3) is 0 Å². The molecule has 0 aromatic carbocycles. The van der Waals surface area contributed by atoms with Crippen molar-refractivity contribution < 1.29 is 55.0 Å². The third-order valence-electron chi connectivity index (χ3n) is 5.99. The molecule has 0 aliphatic heterocycles. The first kappa shape index (κ1) is 22.7. The molecule has 0 saturated heterocycles. The SMILES string of the molecule is O=C(OCC(O)COC(F)(F)C(F)(F)S(=O)(=O)O)C12CC3CC(CC(O)(C3)C1)C2. The van der Waals surface area contributed by atoms with Gasteiger partial charge in [0.25, 0.3) is 0 Å². The number of carbonyl (C=O) groups excluding carboxylic acids is 1. The minimum absolute atomic E-state index is 0.170. The minimum Gasteiger partial charge on any atom is -0.462 e. The third-order valence-corrected chi connectivity index (χ3v) is 6.88. The fourth-order valence-electron chi connectivity index (χ4n) is 5.26. The molecule has 4 saturated carbocycles. The lowest BCUT2D eigenvalue weighted by atomic mass is 9.48. The van der Waals surface area contributed by atoms with Crippen LogP contribution in [-0.2, 0) is 24.4 Å². The molecule has 13 heteroatoms. The van der Waals surface area contributed by atoms with E-state index in [0.29, 0.717) is 25.7 Å². The van der Waals surface area contributed by atoms with Gasteiger partial charge >= 0.3 is 27.5 Å². The number of ether oxygens (including phenoxy) is 2. The summed E-state index contributed by atoms with van der Waals surface area (Å²) >= 11 is 0. The Hall–Kier alpha value is -1.02. The van der Waals surface area contributed by atoms with Gasteiger partial charge in [0.1, 0.15) is 12.7 Å². The van der Waals surface area contributed by atoms with Crippen molar-refractivity contribution in [3.63, 3.8) is 0 Å². The second-order valence-corrected chi connectivity index (χ2v) is 10.0. The van der Waals surface area contributed by atoms with Gasteiger partial charge in [-0.3, -0.25) is 9.35 Å². The minimum atomic E-state index is -6.46. The highest BCUT2D eigenvalue weighted by molar-refractivity contribution is 7.86. The molecule has 3 N–H and O–H groups in total. The van der Waals surface area contributed by atoms with Crippen LogP contribution in [0.4, 0.5) is 17.6 Å². The average molecular weight is 450 g/mol. The molecule has 4 aliphatic carbocycles. The van der Waals surface area contributed by atoms with Crippen molar-refractivity contribution in [2.75, 3.05) is 13.2 Å². The lowest BCUT2D eigenvalue weighted by molar-refractivity contribution is -0.324. The molecular formula is C16H22F4O8S. The van der Waals surface area contributed by atoms with Gasteiger partial charge in [0, 0.05) is 0 Å². The van der Waals surface area contributed by atoms with Crippen LogP contribution in [0, 0.1) is 17.3 Å². The number of hydrogen-bond acceptors (Lipinski definition) is 7. The molecule has 0 heterocycles. The highest BCUT2D eigenvalue weighted by Crippen LogP contribution is 2.62. The third kappa shape index (κ3) is 4.11. The monoisotopic (exact) mass is 450 g/mol. The van der Waals surface area contributed by atoms with Gasteiger partial charge in [0.05, 0.1) is 17.6 Å². The molecular weight excluding hydrogens is 428 g/mol. The van der Waals surface area contributed by atoms with Crippen molar-refractivity contribution in [2.24, 2.45) is 17.3 Å². The van der Waals surface area contributed by atoms with E-state index in [1.807, 2.05) is 0 Å². The fourth-order valence-corrected chi connectivity index (χ4v) is 5.62. The first-order valence-electron chi connectivity index (χ1n) is 9.03. The molecule has 29 heavy (non-hydrogen) atoms. The zero-order valence-electron chi connectivity index (χ0n) is 15.2. The molecule has 168 valence electrons. The summed E-state index contributed by atoms with van der Waals surface area (Å²) in [4.78, 5) is 12.6. The zero-order chi connectivity index (χ0) is 21.9. The number of hydrogen-bond donors (Lipinski definition) is 3. The van der Waals surface area contributed by atoms with E-state index in [1.165, 1.54) is 0 Å². The maximum Gasteiger partial charge on any atom is 0.459 e. The Morgan fingerprint density at radius 1 is 1.10 bits per heavy atom. The van der Waals surface area contributed by atoms with Crippen molar-refractivity contribution in [3.8, 4) is 0 Å². The lowest BCUT2D eigenvalue weighted by Gasteiger charge is -2.58. The molecule has 4 bridgehead atoms. The van der Waals surface area contributed by atoms with E-state index in [4.69, 9.17) is 9.29 Å². The molecule has 3 unspecified atom stereocenters. The second-order valence-electron chi connectivity index (χ2n) is 8.54. The van der Waals surface area contributed by atoms with Gasteiger partial charge in [-0.1, -0.05) is 0 Å². The number of esters is 1. The summed E-state index contributed by atoms with van der Waals surface area (Å²) in [5, 5.41) is 14.3. The maximum atomic E-state index is 13.2. The van der Waals surface area contributed by atoms with Crippen LogP contribution >= 0.6 is 0 Å². The highest BCUT2D eigenvalue weighted by Gasteiger charge is 2.67. The van der Waals surface area contributed by atoms with Crippen LogP contribution in [0.15, 0.2) is 0 Å². The van der Waals surface area contributed by atoms with Gasteiger partial charge in [0.2, 0.25) is 0 Å². The summed E-state index contributed by atoms with van der Waals surface area (Å²) in [5.74, 6) is -0.370. The fraction of sp³-hybridized carbons (Fsp3) is 0.938. The Morgan fingerprint density at radius 3 is 2.14 bits per heavy atom. The average Bonchev–Trinajstić information content (AvgIpc) is 2.54. The lowest BCUT2D eigenvalue weighted by Crippen LogP contribution is -2.58. The summed E-state index contributed by atoms with van der Waals surface area (Å²) in [6.07, 6.45) is -4.22. The van der Waals surface area contributed by atoms with Gasteiger partial charge in [-0.25, -0.2) is 0 Å². The largest absolute Gasteiger partial charge is 0.462 e. The standard InChI is InChI=1S/C16H22F4O8S/c17-15(18,16(19,20)29(24,25)26)28-7-11(21)6-27-12(22)13-2-9-1-10(3-13)5-14(23,4-9)8-13/h9-11,21,23H,1-8H2,(H,24,25,26). The van der Waals surface area contributed by atoms with Crippen LogP contribution in [0.2, 0.25) is 0 Å². The van der Waals surface area contributed by atoms with Gasteiger partial charge in [-0.2, -0.15) is 26.0 Å². The van der Waals surface area contributed by atoms with E-state index in [0.717, 1.165) is 6.42 Å². The van der Waals surface area contributed by atoms with Crippen molar-refractivity contribution in [2.45, 2.75) is 61.6 Å². The molecule has 0 radical (unpaired) electrons. The molecule has 0 aromatic rings. The molecule has 4 rings (SSSR count). The summed E-state index contributed by atoms with van der Waals surface area (Å²) in [6, 6.07) is 0.